The number of aromatic nitrogens is 3. The van der Waals surface area contributed by atoms with Crippen molar-refractivity contribution >= 4 is 11.8 Å². The van der Waals surface area contributed by atoms with Crippen molar-refractivity contribution in [2.75, 3.05) is 0 Å². The summed E-state index contributed by atoms with van der Waals surface area (Å²) < 4.78 is 1.62. The van der Waals surface area contributed by atoms with E-state index in [0.29, 0.717) is 13.0 Å². The normalized spacial score (nSPS) is 25.2. The summed E-state index contributed by atoms with van der Waals surface area (Å²) in [6, 6.07) is -0.125. The molecule has 7 nitrogen and oxygen atoms in total. The summed E-state index contributed by atoms with van der Waals surface area (Å²) in [7, 11) is 1.80. The highest BCUT2D eigenvalue weighted by molar-refractivity contribution is 5.94. The molecule has 2 heterocycles. The summed E-state index contributed by atoms with van der Waals surface area (Å²) in [6.07, 6.45) is 5.59. The monoisotopic (exact) mass is 291 g/mol. The molecule has 1 unspecified atom stereocenters. The molecule has 2 amide bonds. The van der Waals surface area contributed by atoms with Gasteiger partial charge in [-0.15, -0.1) is 5.10 Å². The lowest BCUT2D eigenvalue weighted by atomic mass is 9.95. The predicted octanol–water partition coefficient (Wildman–Crippen LogP) is 0.365. The fourth-order valence-electron chi connectivity index (χ4n) is 3.41. The molecule has 1 saturated heterocycles. The van der Waals surface area contributed by atoms with E-state index in [-0.39, 0.29) is 17.9 Å². The molecule has 1 spiro atoms. The number of aryl methyl sites for hydroxylation is 1. The molecule has 114 valence electrons. The molecular weight excluding hydrogens is 270 g/mol. The number of carbonyl (C=O) groups excluding carboxylic acids is 2. The quantitative estimate of drug-likeness (QED) is 0.853. The molecule has 1 aromatic heterocycles. The molecule has 0 radical (unpaired) electrons. The first kappa shape index (κ1) is 14.0. The second-order valence-electron chi connectivity index (χ2n) is 6.21. The molecule has 1 aliphatic heterocycles. The maximum absolute atomic E-state index is 13.0. The Kier molecular flexibility index (Phi) is 3.43. The third-order valence-electron chi connectivity index (χ3n) is 4.50. The number of rotatable bonds is 2. The van der Waals surface area contributed by atoms with Crippen LogP contribution in [0.5, 0.6) is 0 Å². The number of hydrogen-bond donors (Lipinski definition) is 1. The third kappa shape index (κ3) is 2.52. The van der Waals surface area contributed by atoms with Gasteiger partial charge in [0.1, 0.15) is 11.2 Å². The SMILES string of the molecule is CC1CC(=O)NC2(CCCC2)C(=O)N1Cc1cn(C)nn1. The third-order valence-corrected chi connectivity index (χ3v) is 4.50. The van der Waals surface area contributed by atoms with Crippen LogP contribution in [0.3, 0.4) is 0 Å². The van der Waals surface area contributed by atoms with Gasteiger partial charge in [0.2, 0.25) is 11.8 Å². The molecule has 2 fully saturated rings. The molecule has 7 heteroatoms. The smallest absolute Gasteiger partial charge is 0.248 e. The molecule has 1 N–H and O–H groups in total. The van der Waals surface area contributed by atoms with Crippen LogP contribution in [-0.4, -0.2) is 43.3 Å². The summed E-state index contributed by atoms with van der Waals surface area (Å²) in [6.45, 7) is 2.33. The molecule has 3 rings (SSSR count). The Labute approximate surface area is 123 Å². The Morgan fingerprint density at radius 3 is 2.71 bits per heavy atom. The lowest BCUT2D eigenvalue weighted by molar-refractivity contribution is -0.140. The van der Waals surface area contributed by atoms with Gasteiger partial charge in [-0.2, -0.15) is 0 Å². The summed E-state index contributed by atoms with van der Waals surface area (Å²) in [5.74, 6) is 0.00315. The molecule has 1 saturated carbocycles. The first-order valence-electron chi connectivity index (χ1n) is 7.47. The van der Waals surface area contributed by atoms with Crippen LogP contribution >= 0.6 is 0 Å². The van der Waals surface area contributed by atoms with Gasteiger partial charge in [0.15, 0.2) is 0 Å². The van der Waals surface area contributed by atoms with Crippen molar-refractivity contribution in [1.82, 2.24) is 25.2 Å². The lowest BCUT2D eigenvalue weighted by Crippen LogP contribution is -2.55. The summed E-state index contributed by atoms with van der Waals surface area (Å²) in [4.78, 5) is 26.9. The molecule has 1 aromatic rings. The number of amides is 2. The highest BCUT2D eigenvalue weighted by atomic mass is 16.2. The predicted molar refractivity (Wildman–Crippen MR) is 75.0 cm³/mol. The van der Waals surface area contributed by atoms with E-state index in [4.69, 9.17) is 0 Å². The first-order valence-corrected chi connectivity index (χ1v) is 7.47. The van der Waals surface area contributed by atoms with Crippen LogP contribution < -0.4 is 5.32 Å². The molecule has 2 aliphatic rings. The average molecular weight is 291 g/mol. The lowest BCUT2D eigenvalue weighted by Gasteiger charge is -2.33. The largest absolute Gasteiger partial charge is 0.342 e. The molecule has 1 atom stereocenters. The molecule has 0 bridgehead atoms. The van der Waals surface area contributed by atoms with E-state index in [1.165, 1.54) is 0 Å². The van der Waals surface area contributed by atoms with Gasteiger partial charge in [-0.25, -0.2) is 0 Å². The minimum absolute atomic E-state index is 0.0283. The maximum atomic E-state index is 13.0. The van der Waals surface area contributed by atoms with Crippen molar-refractivity contribution < 1.29 is 9.59 Å². The van der Waals surface area contributed by atoms with Gasteiger partial charge in [-0.05, 0) is 19.8 Å². The maximum Gasteiger partial charge on any atom is 0.248 e. The molecule has 0 aromatic carbocycles. The minimum Gasteiger partial charge on any atom is -0.342 e. The zero-order valence-electron chi connectivity index (χ0n) is 12.5. The fourth-order valence-corrected chi connectivity index (χ4v) is 3.41. The molecule has 21 heavy (non-hydrogen) atoms. The van der Waals surface area contributed by atoms with E-state index in [1.54, 1.807) is 16.6 Å². The zero-order chi connectivity index (χ0) is 15.0. The van der Waals surface area contributed by atoms with Crippen LogP contribution in [0, 0.1) is 0 Å². The van der Waals surface area contributed by atoms with Crippen LogP contribution in [0.4, 0.5) is 0 Å². The van der Waals surface area contributed by atoms with Gasteiger partial charge in [-0.3, -0.25) is 14.3 Å². The highest BCUT2D eigenvalue weighted by Gasteiger charge is 2.48. The van der Waals surface area contributed by atoms with Crippen molar-refractivity contribution in [3.8, 4) is 0 Å². The Balaban J connectivity index is 1.88. The fraction of sp³-hybridized carbons (Fsp3) is 0.714. The van der Waals surface area contributed by atoms with E-state index in [1.807, 2.05) is 13.1 Å². The van der Waals surface area contributed by atoms with E-state index >= 15 is 0 Å². The highest BCUT2D eigenvalue weighted by Crippen LogP contribution is 2.34. The summed E-state index contributed by atoms with van der Waals surface area (Å²) in [5.41, 5.74) is 0.0598. The van der Waals surface area contributed by atoms with Crippen molar-refractivity contribution in [3.05, 3.63) is 11.9 Å². The van der Waals surface area contributed by atoms with E-state index in [9.17, 15) is 9.59 Å². The number of nitrogens with zero attached hydrogens (tertiary/aromatic N) is 4. The van der Waals surface area contributed by atoms with Gasteiger partial charge in [0, 0.05) is 25.7 Å². The topological polar surface area (TPSA) is 80.1 Å². The van der Waals surface area contributed by atoms with Gasteiger partial charge in [0.25, 0.3) is 0 Å². The van der Waals surface area contributed by atoms with Crippen LogP contribution in [0.15, 0.2) is 6.20 Å². The zero-order valence-corrected chi connectivity index (χ0v) is 12.5. The van der Waals surface area contributed by atoms with E-state index in [2.05, 4.69) is 15.6 Å². The van der Waals surface area contributed by atoms with Gasteiger partial charge < -0.3 is 10.2 Å². The molecule has 1 aliphatic carbocycles. The number of nitrogens with one attached hydrogen (secondary N) is 1. The van der Waals surface area contributed by atoms with Gasteiger partial charge in [0.05, 0.1) is 6.54 Å². The average Bonchev–Trinajstić information content (AvgIpc) is 3.03. The van der Waals surface area contributed by atoms with E-state index < -0.39 is 5.54 Å². The minimum atomic E-state index is -0.690. The Morgan fingerprint density at radius 1 is 1.38 bits per heavy atom. The van der Waals surface area contributed by atoms with Gasteiger partial charge >= 0.3 is 0 Å². The second kappa shape index (κ2) is 5.13. The number of hydrogen-bond acceptors (Lipinski definition) is 4. The summed E-state index contributed by atoms with van der Waals surface area (Å²) in [5, 5.41) is 10.9. The van der Waals surface area contributed by atoms with Crippen LogP contribution in [-0.2, 0) is 23.2 Å². The van der Waals surface area contributed by atoms with Crippen LogP contribution in [0.1, 0.15) is 44.7 Å². The van der Waals surface area contributed by atoms with Crippen LogP contribution in [0.25, 0.3) is 0 Å². The molecular formula is C14H21N5O2. The number of carbonyl (C=O) groups is 2. The van der Waals surface area contributed by atoms with E-state index in [0.717, 1.165) is 31.4 Å². The Morgan fingerprint density at radius 2 is 2.10 bits per heavy atom. The van der Waals surface area contributed by atoms with Crippen molar-refractivity contribution in [2.24, 2.45) is 7.05 Å². The Hall–Kier alpha value is -1.92. The van der Waals surface area contributed by atoms with Crippen molar-refractivity contribution in [3.63, 3.8) is 0 Å². The first-order chi connectivity index (χ1) is 10.00. The van der Waals surface area contributed by atoms with Crippen molar-refractivity contribution in [1.29, 1.82) is 0 Å². The van der Waals surface area contributed by atoms with Crippen LogP contribution in [0.2, 0.25) is 0 Å². The summed E-state index contributed by atoms with van der Waals surface area (Å²) >= 11 is 0. The van der Waals surface area contributed by atoms with Gasteiger partial charge in [-0.1, -0.05) is 18.1 Å². The second-order valence-corrected chi connectivity index (χ2v) is 6.21. The Bertz CT molecular complexity index is 561. The standard InChI is InChI=1S/C14H21N5O2/c1-10-7-12(20)15-14(5-3-4-6-14)13(21)19(10)9-11-8-18(2)17-16-11/h8,10H,3-7,9H2,1-2H3,(H,15,20). The van der Waals surface area contributed by atoms with Crippen molar-refractivity contribution in [2.45, 2.75) is 57.2 Å².